The Morgan fingerprint density at radius 3 is 2.70 bits per heavy atom. The maximum absolute atomic E-state index is 11.7. The average molecular weight is 403 g/mol. The van der Waals surface area contributed by atoms with E-state index >= 15 is 0 Å². The summed E-state index contributed by atoms with van der Waals surface area (Å²) in [6.07, 6.45) is 3.54. The molecule has 0 radical (unpaired) electrons. The third-order valence-electron chi connectivity index (χ3n) is 4.61. The van der Waals surface area contributed by atoms with E-state index in [1.807, 2.05) is 12.1 Å². The molecule has 0 bridgehead atoms. The van der Waals surface area contributed by atoms with Crippen molar-refractivity contribution in [2.45, 2.75) is 18.9 Å². The number of carbonyl (C=O) groups is 1. The molecule has 2 N–H and O–H groups in total. The van der Waals surface area contributed by atoms with Crippen LogP contribution in [0, 0.1) is 0 Å². The summed E-state index contributed by atoms with van der Waals surface area (Å²) < 4.78 is 5.84. The van der Waals surface area contributed by atoms with Crippen LogP contribution in [0.5, 0.6) is 0 Å². The number of rotatable bonds is 4. The topological polar surface area (TPSA) is 71.5 Å². The zero-order valence-corrected chi connectivity index (χ0v) is 15.7. The molecule has 0 spiro atoms. The number of carboxylic acids is 1. The SMILES string of the molecule is O=C(O)c1cc(Cl)ccc1Nc1c([C@H]2CCCO2)cnc2ccc(Cl)cc12. The molecule has 2 heterocycles. The van der Waals surface area contributed by atoms with Crippen molar-refractivity contribution in [2.24, 2.45) is 0 Å². The van der Waals surface area contributed by atoms with Gasteiger partial charge in [0.1, 0.15) is 0 Å². The lowest BCUT2D eigenvalue weighted by atomic mass is 10.0. The van der Waals surface area contributed by atoms with Gasteiger partial charge in [-0.15, -0.1) is 0 Å². The maximum Gasteiger partial charge on any atom is 0.337 e. The number of aromatic nitrogens is 1. The van der Waals surface area contributed by atoms with Gasteiger partial charge in [-0.1, -0.05) is 23.2 Å². The van der Waals surface area contributed by atoms with Gasteiger partial charge in [-0.05, 0) is 49.2 Å². The van der Waals surface area contributed by atoms with Gasteiger partial charge in [0, 0.05) is 33.8 Å². The van der Waals surface area contributed by atoms with E-state index in [1.54, 1.807) is 24.4 Å². The Hall–Kier alpha value is -2.34. The number of nitrogens with one attached hydrogen (secondary N) is 1. The van der Waals surface area contributed by atoms with E-state index in [0.29, 0.717) is 22.3 Å². The van der Waals surface area contributed by atoms with Gasteiger partial charge < -0.3 is 15.2 Å². The van der Waals surface area contributed by atoms with Crippen LogP contribution < -0.4 is 5.32 Å². The minimum Gasteiger partial charge on any atom is -0.478 e. The third-order valence-corrected chi connectivity index (χ3v) is 5.08. The molecule has 0 aliphatic carbocycles. The van der Waals surface area contributed by atoms with Gasteiger partial charge in [0.05, 0.1) is 28.6 Å². The van der Waals surface area contributed by atoms with E-state index in [9.17, 15) is 9.90 Å². The second-order valence-electron chi connectivity index (χ2n) is 6.37. The van der Waals surface area contributed by atoms with Crippen LogP contribution in [0.2, 0.25) is 10.0 Å². The lowest BCUT2D eigenvalue weighted by Crippen LogP contribution is -2.07. The highest BCUT2D eigenvalue weighted by Gasteiger charge is 2.24. The molecule has 3 aromatic rings. The Kier molecular flexibility index (Phi) is 4.91. The predicted molar refractivity (Wildman–Crippen MR) is 106 cm³/mol. The molecule has 1 aromatic heterocycles. The summed E-state index contributed by atoms with van der Waals surface area (Å²) in [5.74, 6) is -1.06. The normalized spacial score (nSPS) is 16.6. The highest BCUT2D eigenvalue weighted by atomic mass is 35.5. The second kappa shape index (κ2) is 7.35. The summed E-state index contributed by atoms with van der Waals surface area (Å²) in [6, 6.07) is 10.2. The van der Waals surface area contributed by atoms with Crippen molar-refractivity contribution in [3.05, 3.63) is 63.8 Å². The highest BCUT2D eigenvalue weighted by molar-refractivity contribution is 6.31. The maximum atomic E-state index is 11.7. The van der Waals surface area contributed by atoms with E-state index in [0.717, 1.165) is 35.0 Å². The van der Waals surface area contributed by atoms with Gasteiger partial charge in [0.2, 0.25) is 0 Å². The number of halogens is 2. The Labute approximate surface area is 165 Å². The summed E-state index contributed by atoms with van der Waals surface area (Å²) in [6.45, 7) is 0.693. The van der Waals surface area contributed by atoms with Gasteiger partial charge in [0.25, 0.3) is 0 Å². The molecule has 1 aliphatic rings. The van der Waals surface area contributed by atoms with Crippen LogP contribution in [0.15, 0.2) is 42.6 Å². The number of pyridine rings is 1. The number of benzene rings is 2. The molecule has 0 unspecified atom stereocenters. The van der Waals surface area contributed by atoms with Gasteiger partial charge in [-0.3, -0.25) is 4.98 Å². The number of hydrogen-bond acceptors (Lipinski definition) is 4. The zero-order chi connectivity index (χ0) is 19.0. The van der Waals surface area contributed by atoms with Crippen molar-refractivity contribution >= 4 is 51.4 Å². The van der Waals surface area contributed by atoms with Crippen molar-refractivity contribution < 1.29 is 14.6 Å². The van der Waals surface area contributed by atoms with Crippen molar-refractivity contribution in [1.29, 1.82) is 0 Å². The van der Waals surface area contributed by atoms with Crippen LogP contribution in [0.3, 0.4) is 0 Å². The molecular formula is C20H16Cl2N2O3. The smallest absolute Gasteiger partial charge is 0.337 e. The first-order valence-corrected chi connectivity index (χ1v) is 9.28. The Morgan fingerprint density at radius 1 is 1.19 bits per heavy atom. The Bertz CT molecular complexity index is 1030. The first-order chi connectivity index (χ1) is 13.0. The molecule has 0 saturated carbocycles. The molecule has 7 heteroatoms. The molecule has 4 rings (SSSR count). The van der Waals surface area contributed by atoms with Gasteiger partial charge >= 0.3 is 5.97 Å². The van der Waals surface area contributed by atoms with Crippen molar-refractivity contribution in [2.75, 3.05) is 11.9 Å². The van der Waals surface area contributed by atoms with Gasteiger partial charge in [0.15, 0.2) is 0 Å². The van der Waals surface area contributed by atoms with E-state index in [1.165, 1.54) is 6.07 Å². The average Bonchev–Trinajstić information content (AvgIpc) is 3.17. The summed E-state index contributed by atoms with van der Waals surface area (Å²) in [5, 5.41) is 14.6. The molecule has 1 fully saturated rings. The van der Waals surface area contributed by atoms with Crippen molar-refractivity contribution in [3.63, 3.8) is 0 Å². The minimum absolute atomic E-state index is 0.0905. The highest BCUT2D eigenvalue weighted by Crippen LogP contribution is 2.39. The van der Waals surface area contributed by atoms with E-state index in [2.05, 4.69) is 10.3 Å². The molecule has 1 saturated heterocycles. The fraction of sp³-hybridized carbons (Fsp3) is 0.200. The Balaban J connectivity index is 1.90. The summed E-state index contributed by atoms with van der Waals surface area (Å²) in [7, 11) is 0. The molecule has 1 aliphatic heterocycles. The van der Waals surface area contributed by atoms with Crippen molar-refractivity contribution in [3.8, 4) is 0 Å². The number of aromatic carboxylic acids is 1. The number of hydrogen-bond donors (Lipinski definition) is 2. The number of fused-ring (bicyclic) bond motifs is 1. The number of ether oxygens (including phenoxy) is 1. The van der Waals surface area contributed by atoms with Crippen LogP contribution in [-0.4, -0.2) is 22.7 Å². The molecule has 27 heavy (non-hydrogen) atoms. The standard InChI is InChI=1S/C20H16Cl2N2O3/c21-11-3-5-16-13(8-11)19(15(10-23-16)18-2-1-7-27-18)24-17-6-4-12(22)9-14(17)20(25)26/h3-6,8-10,18H,1-2,7H2,(H,23,24)(H,25,26)/t18-/m1/s1. The predicted octanol–water partition coefficient (Wildman–Crippen LogP) is 5.83. The number of anilines is 2. The zero-order valence-electron chi connectivity index (χ0n) is 14.2. The summed E-state index contributed by atoms with van der Waals surface area (Å²) in [4.78, 5) is 16.2. The lowest BCUT2D eigenvalue weighted by Gasteiger charge is -2.19. The second-order valence-corrected chi connectivity index (χ2v) is 7.24. The van der Waals surface area contributed by atoms with Gasteiger partial charge in [-0.2, -0.15) is 0 Å². The molecule has 1 atom stereocenters. The third kappa shape index (κ3) is 3.58. The van der Waals surface area contributed by atoms with Crippen LogP contribution in [0.4, 0.5) is 11.4 Å². The largest absolute Gasteiger partial charge is 0.478 e. The molecular weight excluding hydrogens is 387 g/mol. The molecule has 0 amide bonds. The fourth-order valence-corrected chi connectivity index (χ4v) is 3.67. The molecule has 138 valence electrons. The monoisotopic (exact) mass is 402 g/mol. The molecule has 2 aromatic carbocycles. The van der Waals surface area contributed by atoms with Crippen LogP contribution in [0.25, 0.3) is 10.9 Å². The summed E-state index contributed by atoms with van der Waals surface area (Å²) >= 11 is 12.2. The first-order valence-electron chi connectivity index (χ1n) is 8.52. The first kappa shape index (κ1) is 18.0. The number of carboxylic acid groups (broad SMARTS) is 1. The van der Waals surface area contributed by atoms with E-state index < -0.39 is 5.97 Å². The molecule has 5 nitrogen and oxygen atoms in total. The minimum atomic E-state index is -1.06. The Morgan fingerprint density at radius 2 is 1.96 bits per heavy atom. The van der Waals surface area contributed by atoms with Crippen LogP contribution >= 0.6 is 23.2 Å². The van der Waals surface area contributed by atoms with E-state index in [4.69, 9.17) is 27.9 Å². The lowest BCUT2D eigenvalue weighted by molar-refractivity contribution is 0.0698. The van der Waals surface area contributed by atoms with Crippen LogP contribution in [0.1, 0.15) is 34.9 Å². The summed E-state index contributed by atoms with van der Waals surface area (Å²) in [5.41, 5.74) is 2.92. The fourth-order valence-electron chi connectivity index (χ4n) is 3.32. The number of nitrogens with zero attached hydrogens (tertiary/aromatic N) is 1. The van der Waals surface area contributed by atoms with E-state index in [-0.39, 0.29) is 11.7 Å². The quantitative estimate of drug-likeness (QED) is 0.573. The van der Waals surface area contributed by atoms with Crippen molar-refractivity contribution in [1.82, 2.24) is 4.98 Å². The van der Waals surface area contributed by atoms with Crippen LogP contribution in [-0.2, 0) is 4.74 Å². The van der Waals surface area contributed by atoms with Gasteiger partial charge in [-0.25, -0.2) is 4.79 Å².